The second kappa shape index (κ2) is 10.9. The molecule has 3 aliphatic rings. The molecule has 5 aromatic rings. The van der Waals surface area contributed by atoms with Gasteiger partial charge in [0.15, 0.2) is 5.82 Å². The molecule has 2 amide bonds. The zero-order chi connectivity index (χ0) is 30.7. The molecule has 5 heterocycles. The predicted octanol–water partition coefficient (Wildman–Crippen LogP) is 5.74. The van der Waals surface area contributed by atoms with E-state index < -0.39 is 0 Å². The number of para-hydroxylation sites is 2. The third kappa shape index (κ3) is 4.62. The fraction of sp³-hybridized carbons (Fsp3) is 0.371. The number of carbonyl (C=O) groups is 2. The fourth-order valence-corrected chi connectivity index (χ4v) is 7.66. The summed E-state index contributed by atoms with van der Waals surface area (Å²) >= 11 is 0. The van der Waals surface area contributed by atoms with E-state index in [0.717, 1.165) is 35.2 Å². The molecule has 10 heteroatoms. The summed E-state index contributed by atoms with van der Waals surface area (Å²) in [4.78, 5) is 39.1. The van der Waals surface area contributed by atoms with Crippen LogP contribution in [0.15, 0.2) is 60.8 Å². The summed E-state index contributed by atoms with van der Waals surface area (Å²) in [6, 6.07) is 17.6. The molecule has 1 aliphatic carbocycles. The Morgan fingerprint density at radius 3 is 2.78 bits per heavy atom. The number of benzene rings is 2. The number of hydrogen-bond acceptors (Lipinski definition) is 6. The van der Waals surface area contributed by atoms with Crippen LogP contribution in [0.5, 0.6) is 11.5 Å². The smallest absolute Gasteiger partial charge is 0.254 e. The monoisotopic (exact) mass is 604 g/mol. The van der Waals surface area contributed by atoms with Crippen molar-refractivity contribution in [3.63, 3.8) is 0 Å². The van der Waals surface area contributed by atoms with Crippen molar-refractivity contribution in [2.75, 3.05) is 25.6 Å². The molecule has 0 unspecified atom stereocenters. The number of imidazole rings is 1. The van der Waals surface area contributed by atoms with Gasteiger partial charge in [0.1, 0.15) is 22.7 Å². The van der Waals surface area contributed by atoms with Gasteiger partial charge < -0.3 is 28.8 Å². The van der Waals surface area contributed by atoms with Crippen LogP contribution in [0.4, 0.5) is 5.69 Å². The third-order valence-corrected chi connectivity index (χ3v) is 9.94. The van der Waals surface area contributed by atoms with Crippen molar-refractivity contribution in [2.24, 2.45) is 11.8 Å². The zero-order valence-corrected chi connectivity index (χ0v) is 25.5. The van der Waals surface area contributed by atoms with Crippen LogP contribution in [0.2, 0.25) is 0 Å². The summed E-state index contributed by atoms with van der Waals surface area (Å²) in [7, 11) is 1.62. The number of piperidine rings is 1. The highest BCUT2D eigenvalue weighted by Crippen LogP contribution is 2.43. The molecular formula is C35H36N6O4. The summed E-state index contributed by atoms with van der Waals surface area (Å²) in [5.74, 6) is 2.90. The Hall–Kier alpha value is -4.86. The van der Waals surface area contributed by atoms with E-state index in [9.17, 15) is 9.59 Å². The molecule has 2 fully saturated rings. The molecule has 0 spiro atoms. The number of hydrogen-bond donors (Lipinski definition) is 1. The second-order valence-electron chi connectivity index (χ2n) is 12.4. The van der Waals surface area contributed by atoms with Crippen molar-refractivity contribution in [3.05, 3.63) is 66.4 Å². The van der Waals surface area contributed by atoms with Crippen molar-refractivity contribution in [1.29, 1.82) is 0 Å². The lowest BCUT2D eigenvalue weighted by molar-refractivity contribution is -0.116. The summed E-state index contributed by atoms with van der Waals surface area (Å²) in [6.07, 6.45) is 4.97. The van der Waals surface area contributed by atoms with Crippen LogP contribution < -0.4 is 14.8 Å². The number of fused-ring (bicyclic) bond motifs is 10. The Kier molecular flexibility index (Phi) is 6.73. The van der Waals surface area contributed by atoms with Gasteiger partial charge in [-0.05, 0) is 73.6 Å². The Bertz CT molecular complexity index is 1960. The largest absolute Gasteiger partial charge is 0.494 e. The first-order valence-corrected chi connectivity index (χ1v) is 15.9. The molecule has 230 valence electrons. The number of methoxy groups -OCH3 is 1. The summed E-state index contributed by atoms with van der Waals surface area (Å²) < 4.78 is 16.3. The van der Waals surface area contributed by atoms with Gasteiger partial charge in [-0.1, -0.05) is 19.1 Å². The van der Waals surface area contributed by atoms with Gasteiger partial charge in [-0.2, -0.15) is 0 Å². The highest BCUT2D eigenvalue weighted by molar-refractivity contribution is 6.00. The van der Waals surface area contributed by atoms with E-state index in [1.54, 1.807) is 13.3 Å². The molecular weight excluding hydrogens is 568 g/mol. The van der Waals surface area contributed by atoms with Crippen LogP contribution in [-0.4, -0.2) is 62.1 Å². The van der Waals surface area contributed by atoms with Gasteiger partial charge in [-0.3, -0.25) is 9.59 Å². The van der Waals surface area contributed by atoms with Gasteiger partial charge in [0.2, 0.25) is 5.91 Å². The molecule has 3 atom stereocenters. The van der Waals surface area contributed by atoms with Gasteiger partial charge in [-0.25, -0.2) is 9.97 Å². The number of pyridine rings is 1. The van der Waals surface area contributed by atoms with Gasteiger partial charge >= 0.3 is 0 Å². The van der Waals surface area contributed by atoms with Crippen molar-refractivity contribution in [2.45, 2.75) is 51.7 Å². The molecule has 2 aromatic carbocycles. The molecule has 1 saturated heterocycles. The predicted molar refractivity (Wildman–Crippen MR) is 172 cm³/mol. The Labute approximate surface area is 261 Å². The van der Waals surface area contributed by atoms with E-state index >= 15 is 0 Å². The van der Waals surface area contributed by atoms with E-state index in [2.05, 4.69) is 27.4 Å². The highest BCUT2D eigenvalue weighted by atomic mass is 16.5. The standard InChI is InChI=1S/C35H36N6O4/c1-21-23-10-11-27(21)41(20-23)35(43)24-17-26-32(30(19-24)44-2)40-15-12-31(42)37-25-8-3-4-9-29(25)45-16-6-14-39-28(34(40)38-26)18-22-7-5-13-36-33(22)39/h3-5,7-9,13,17-19,21,23,27H,6,10-12,14-16,20H2,1-2H3,(H,37,42)/t21-,23-,27-/m1/s1. The number of aromatic nitrogens is 4. The molecule has 1 N–H and O–H groups in total. The number of ether oxygens (including phenoxy) is 2. The molecule has 0 radical (unpaired) electrons. The first-order valence-electron chi connectivity index (χ1n) is 15.9. The lowest BCUT2D eigenvalue weighted by Gasteiger charge is -2.27. The number of amides is 2. The van der Waals surface area contributed by atoms with Crippen LogP contribution in [0, 0.1) is 11.8 Å². The number of likely N-dealkylation sites (tertiary alicyclic amines) is 1. The Balaban J connectivity index is 1.27. The molecule has 3 aromatic heterocycles. The summed E-state index contributed by atoms with van der Waals surface area (Å²) in [5.41, 5.74) is 4.39. The number of rotatable bonds is 2. The topological polar surface area (TPSA) is 104 Å². The minimum atomic E-state index is -0.137. The van der Waals surface area contributed by atoms with Crippen LogP contribution >= 0.6 is 0 Å². The summed E-state index contributed by atoms with van der Waals surface area (Å²) in [6.45, 7) is 4.55. The van der Waals surface area contributed by atoms with Crippen LogP contribution in [0.1, 0.15) is 43.0 Å². The van der Waals surface area contributed by atoms with E-state index in [1.165, 1.54) is 6.42 Å². The van der Waals surface area contributed by atoms with Crippen molar-refractivity contribution < 1.29 is 19.1 Å². The van der Waals surface area contributed by atoms with Crippen LogP contribution in [0.3, 0.4) is 0 Å². The van der Waals surface area contributed by atoms with Crippen molar-refractivity contribution in [1.82, 2.24) is 24.0 Å². The minimum absolute atomic E-state index is 0.0279. The van der Waals surface area contributed by atoms with E-state index in [1.807, 2.05) is 53.4 Å². The Morgan fingerprint density at radius 1 is 1.07 bits per heavy atom. The Morgan fingerprint density at radius 2 is 1.96 bits per heavy atom. The first-order chi connectivity index (χ1) is 22.0. The quantitative estimate of drug-likeness (QED) is 0.276. The maximum atomic E-state index is 13.9. The maximum Gasteiger partial charge on any atom is 0.254 e. The van der Waals surface area contributed by atoms with Crippen molar-refractivity contribution in [3.8, 4) is 23.0 Å². The van der Waals surface area contributed by atoms with E-state index in [0.29, 0.717) is 72.0 Å². The molecule has 2 bridgehead atoms. The average molecular weight is 605 g/mol. The van der Waals surface area contributed by atoms with Gasteiger partial charge in [0.25, 0.3) is 5.91 Å². The SMILES string of the molecule is COc1cc(C(=O)N2C[C@H]3CC[C@@H]2[C@@H]3C)cc2nc3n(c12)CCC(=O)Nc1ccccc1OCCCn1c-3cc2cccnc21. The van der Waals surface area contributed by atoms with E-state index in [-0.39, 0.29) is 24.3 Å². The average Bonchev–Trinajstić information content (AvgIpc) is 3.81. The molecule has 45 heavy (non-hydrogen) atoms. The lowest BCUT2D eigenvalue weighted by Crippen LogP contribution is -2.38. The number of carbonyl (C=O) groups excluding carboxylic acids is 2. The van der Waals surface area contributed by atoms with Gasteiger partial charge in [0.05, 0.1) is 30.6 Å². The minimum Gasteiger partial charge on any atom is -0.494 e. The lowest BCUT2D eigenvalue weighted by atomic mass is 10.0. The first kappa shape index (κ1) is 27.7. The van der Waals surface area contributed by atoms with Crippen LogP contribution in [-0.2, 0) is 17.9 Å². The number of nitrogens with zero attached hydrogens (tertiary/aromatic N) is 5. The van der Waals surface area contributed by atoms with Crippen LogP contribution in [0.25, 0.3) is 33.6 Å². The number of nitrogens with one attached hydrogen (secondary N) is 1. The molecule has 2 aliphatic heterocycles. The highest BCUT2D eigenvalue weighted by Gasteiger charge is 2.46. The molecule has 1 saturated carbocycles. The van der Waals surface area contributed by atoms with Crippen molar-refractivity contribution >= 4 is 39.6 Å². The second-order valence-corrected chi connectivity index (χ2v) is 12.4. The summed E-state index contributed by atoms with van der Waals surface area (Å²) in [5, 5.41) is 4.03. The zero-order valence-electron chi connectivity index (χ0n) is 25.5. The van der Waals surface area contributed by atoms with Gasteiger partial charge in [0, 0.05) is 49.2 Å². The van der Waals surface area contributed by atoms with Gasteiger partial charge in [-0.15, -0.1) is 0 Å². The number of anilines is 1. The maximum absolute atomic E-state index is 13.9. The molecule has 8 rings (SSSR count). The van der Waals surface area contributed by atoms with E-state index in [4.69, 9.17) is 19.4 Å². The molecule has 10 nitrogen and oxygen atoms in total. The number of aryl methyl sites for hydroxylation is 2. The normalized spacial score (nSPS) is 21.5. The third-order valence-electron chi connectivity index (χ3n) is 9.94. The fourth-order valence-electron chi connectivity index (χ4n) is 7.66.